The summed E-state index contributed by atoms with van der Waals surface area (Å²) in [6.45, 7) is 7.93. The zero-order valence-corrected chi connectivity index (χ0v) is 11.6. The van der Waals surface area contributed by atoms with E-state index in [2.05, 4.69) is 0 Å². The van der Waals surface area contributed by atoms with Crippen LogP contribution in [0.25, 0.3) is 0 Å². The van der Waals surface area contributed by atoms with E-state index in [1.165, 1.54) is 0 Å². The molecule has 0 aliphatic rings. The van der Waals surface area contributed by atoms with Crippen LogP contribution in [0.2, 0.25) is 0 Å². The molecule has 0 heterocycles. The third-order valence-electron chi connectivity index (χ3n) is 1.97. The molecule has 0 aromatic heterocycles. The molecule has 0 aliphatic carbocycles. The third-order valence-corrected chi connectivity index (χ3v) is 3.76. The topological polar surface area (TPSA) is 52.6 Å². The standard InChI is InChI=1S/C11H23O4P/c1-5-11(12)15-10(4)8-16(13)7-6-14-9(2)3/h9-10,16H,5-8H2,1-4H3. The number of hydrogen-bond donors (Lipinski definition) is 0. The molecule has 4 nitrogen and oxygen atoms in total. The minimum Gasteiger partial charge on any atom is -0.462 e. The molecule has 16 heavy (non-hydrogen) atoms. The molecule has 2 unspecified atom stereocenters. The Balaban J connectivity index is 3.66. The van der Waals surface area contributed by atoms with Crippen LogP contribution in [0.4, 0.5) is 0 Å². The van der Waals surface area contributed by atoms with Gasteiger partial charge in [0.2, 0.25) is 0 Å². The first-order chi connectivity index (χ1) is 7.45. The van der Waals surface area contributed by atoms with Gasteiger partial charge in [-0.05, 0) is 20.8 Å². The summed E-state index contributed by atoms with van der Waals surface area (Å²) in [7, 11) is -1.69. The Morgan fingerprint density at radius 3 is 2.44 bits per heavy atom. The van der Waals surface area contributed by atoms with Crippen molar-refractivity contribution >= 4 is 13.8 Å². The van der Waals surface area contributed by atoms with E-state index in [0.29, 0.717) is 25.4 Å². The van der Waals surface area contributed by atoms with Crippen LogP contribution in [0.15, 0.2) is 0 Å². The minimum absolute atomic E-state index is 0.171. The predicted molar refractivity (Wildman–Crippen MR) is 65.7 cm³/mol. The maximum absolute atomic E-state index is 11.6. The molecule has 0 spiro atoms. The third kappa shape index (κ3) is 8.93. The van der Waals surface area contributed by atoms with Crippen LogP contribution < -0.4 is 0 Å². The Kier molecular flexibility index (Phi) is 8.58. The van der Waals surface area contributed by atoms with E-state index in [-0.39, 0.29) is 18.2 Å². The lowest BCUT2D eigenvalue weighted by Gasteiger charge is -2.13. The summed E-state index contributed by atoms with van der Waals surface area (Å²) >= 11 is 0. The van der Waals surface area contributed by atoms with Gasteiger partial charge in [0, 0.05) is 18.7 Å². The highest BCUT2D eigenvalue weighted by atomic mass is 31.1. The van der Waals surface area contributed by atoms with Crippen molar-refractivity contribution in [3.63, 3.8) is 0 Å². The van der Waals surface area contributed by atoms with Crippen LogP contribution in [-0.4, -0.2) is 37.1 Å². The zero-order chi connectivity index (χ0) is 12.6. The van der Waals surface area contributed by atoms with Crippen LogP contribution in [0.5, 0.6) is 0 Å². The number of carbonyl (C=O) groups excluding carboxylic acids is 1. The fourth-order valence-electron chi connectivity index (χ4n) is 1.18. The quantitative estimate of drug-likeness (QED) is 0.490. The van der Waals surface area contributed by atoms with Gasteiger partial charge in [0.15, 0.2) is 0 Å². The number of esters is 1. The summed E-state index contributed by atoms with van der Waals surface area (Å²) in [5.41, 5.74) is 0. The van der Waals surface area contributed by atoms with Crippen molar-refractivity contribution in [2.75, 3.05) is 18.9 Å². The van der Waals surface area contributed by atoms with Crippen molar-refractivity contribution < 1.29 is 18.8 Å². The van der Waals surface area contributed by atoms with E-state index in [1.54, 1.807) is 13.8 Å². The van der Waals surface area contributed by atoms with E-state index in [9.17, 15) is 9.36 Å². The molecule has 0 radical (unpaired) electrons. The first-order valence-electron chi connectivity index (χ1n) is 5.78. The lowest BCUT2D eigenvalue weighted by Crippen LogP contribution is -2.17. The van der Waals surface area contributed by atoms with Gasteiger partial charge in [-0.2, -0.15) is 0 Å². The molecule has 0 aromatic carbocycles. The van der Waals surface area contributed by atoms with Gasteiger partial charge >= 0.3 is 5.97 Å². The van der Waals surface area contributed by atoms with Crippen molar-refractivity contribution in [3.05, 3.63) is 0 Å². The Morgan fingerprint density at radius 1 is 1.31 bits per heavy atom. The average Bonchev–Trinajstić information content (AvgIpc) is 2.16. The minimum atomic E-state index is -1.69. The molecule has 0 fully saturated rings. The van der Waals surface area contributed by atoms with Crippen LogP contribution in [-0.2, 0) is 18.8 Å². The lowest BCUT2D eigenvalue weighted by molar-refractivity contribution is -0.146. The number of rotatable bonds is 8. The Hall–Kier alpha value is -0.340. The van der Waals surface area contributed by atoms with E-state index >= 15 is 0 Å². The maximum atomic E-state index is 11.6. The molecule has 0 aliphatic heterocycles. The van der Waals surface area contributed by atoms with Crippen molar-refractivity contribution in [2.24, 2.45) is 0 Å². The molecular formula is C11H23O4P. The van der Waals surface area contributed by atoms with Crippen molar-refractivity contribution in [1.82, 2.24) is 0 Å². The van der Waals surface area contributed by atoms with Crippen molar-refractivity contribution in [2.45, 2.75) is 46.3 Å². The van der Waals surface area contributed by atoms with Gasteiger partial charge in [-0.1, -0.05) is 6.92 Å². The smallest absolute Gasteiger partial charge is 0.305 e. The van der Waals surface area contributed by atoms with E-state index < -0.39 is 7.80 Å². The summed E-state index contributed by atoms with van der Waals surface area (Å²) in [5, 5.41) is 0. The Morgan fingerprint density at radius 2 is 1.94 bits per heavy atom. The summed E-state index contributed by atoms with van der Waals surface area (Å²) < 4.78 is 22.0. The van der Waals surface area contributed by atoms with Gasteiger partial charge in [-0.15, -0.1) is 0 Å². The predicted octanol–water partition coefficient (Wildman–Crippen LogP) is 2.31. The molecular weight excluding hydrogens is 227 g/mol. The molecule has 0 amide bonds. The summed E-state index contributed by atoms with van der Waals surface area (Å²) in [4.78, 5) is 11.0. The summed E-state index contributed by atoms with van der Waals surface area (Å²) in [6, 6.07) is 0. The molecule has 0 aromatic rings. The SMILES string of the molecule is CCC(=O)OC(C)C[PH](=O)CCOC(C)C. The Labute approximate surface area is 98.5 Å². The van der Waals surface area contributed by atoms with Crippen LogP contribution in [0.1, 0.15) is 34.1 Å². The second-order valence-electron chi connectivity index (χ2n) is 4.07. The molecule has 96 valence electrons. The molecule has 0 saturated carbocycles. The maximum Gasteiger partial charge on any atom is 0.305 e. The Bertz CT molecular complexity index is 228. The van der Waals surface area contributed by atoms with Gasteiger partial charge in [0.05, 0.1) is 20.5 Å². The van der Waals surface area contributed by atoms with Gasteiger partial charge in [0.25, 0.3) is 0 Å². The summed E-state index contributed by atoms with van der Waals surface area (Å²) in [5.74, 6) is -0.235. The van der Waals surface area contributed by atoms with Gasteiger partial charge in [-0.3, -0.25) is 4.79 Å². The molecule has 0 N–H and O–H groups in total. The number of ether oxygens (including phenoxy) is 2. The van der Waals surface area contributed by atoms with Crippen molar-refractivity contribution in [3.8, 4) is 0 Å². The highest BCUT2D eigenvalue weighted by Crippen LogP contribution is 2.22. The monoisotopic (exact) mass is 250 g/mol. The number of hydrogen-bond acceptors (Lipinski definition) is 4. The molecule has 0 rings (SSSR count). The fraction of sp³-hybridized carbons (Fsp3) is 0.909. The van der Waals surface area contributed by atoms with Crippen LogP contribution in [0.3, 0.4) is 0 Å². The molecule has 2 atom stereocenters. The second-order valence-corrected chi connectivity index (χ2v) is 6.05. The second kappa shape index (κ2) is 8.77. The summed E-state index contributed by atoms with van der Waals surface area (Å²) in [6.07, 6.45) is 1.30. The average molecular weight is 250 g/mol. The lowest BCUT2D eigenvalue weighted by atomic mass is 10.4. The molecule has 0 saturated heterocycles. The van der Waals surface area contributed by atoms with Gasteiger partial charge < -0.3 is 14.0 Å². The normalized spacial score (nSPS) is 14.8. The first-order valence-corrected chi connectivity index (χ1v) is 7.60. The highest BCUT2D eigenvalue weighted by molar-refractivity contribution is 7.44. The van der Waals surface area contributed by atoms with E-state index in [4.69, 9.17) is 9.47 Å². The van der Waals surface area contributed by atoms with Crippen molar-refractivity contribution in [1.29, 1.82) is 0 Å². The molecule has 5 heteroatoms. The van der Waals surface area contributed by atoms with Gasteiger partial charge in [0.1, 0.15) is 6.10 Å². The fourth-order valence-corrected chi connectivity index (χ4v) is 2.45. The van der Waals surface area contributed by atoms with Gasteiger partial charge in [-0.25, -0.2) is 0 Å². The van der Waals surface area contributed by atoms with E-state index in [1.807, 2.05) is 13.8 Å². The van der Waals surface area contributed by atoms with Crippen LogP contribution >= 0.6 is 7.80 Å². The number of carbonyl (C=O) groups is 1. The molecule has 0 bridgehead atoms. The highest BCUT2D eigenvalue weighted by Gasteiger charge is 2.11. The largest absolute Gasteiger partial charge is 0.462 e. The van der Waals surface area contributed by atoms with E-state index in [0.717, 1.165) is 0 Å². The zero-order valence-electron chi connectivity index (χ0n) is 10.6. The first kappa shape index (κ1) is 15.7. The van der Waals surface area contributed by atoms with Crippen LogP contribution in [0, 0.1) is 0 Å².